The molecule has 20 heavy (non-hydrogen) atoms. The Morgan fingerprint density at radius 1 is 1.20 bits per heavy atom. The van der Waals surface area contributed by atoms with Gasteiger partial charge in [-0.25, -0.2) is 0 Å². The highest BCUT2D eigenvalue weighted by Gasteiger charge is 2.35. The lowest BCUT2D eigenvalue weighted by Crippen LogP contribution is -2.43. The summed E-state index contributed by atoms with van der Waals surface area (Å²) in [5, 5.41) is 5.91. The van der Waals surface area contributed by atoms with E-state index in [9.17, 15) is 0 Å². The average molecular weight is 303 g/mol. The maximum absolute atomic E-state index is 3.65. The van der Waals surface area contributed by atoms with Crippen LogP contribution in [0.1, 0.15) is 24.1 Å². The molecular formula is C17H21NS2. The van der Waals surface area contributed by atoms with Crippen LogP contribution in [-0.2, 0) is 6.54 Å². The van der Waals surface area contributed by atoms with Crippen LogP contribution in [0.2, 0.25) is 0 Å². The van der Waals surface area contributed by atoms with E-state index in [1.54, 1.807) is 0 Å². The predicted molar refractivity (Wildman–Crippen MR) is 91.6 cm³/mol. The van der Waals surface area contributed by atoms with Crippen LogP contribution < -0.4 is 5.32 Å². The Hall–Kier alpha value is -0.770. The van der Waals surface area contributed by atoms with E-state index < -0.39 is 0 Å². The molecule has 0 radical (unpaired) electrons. The van der Waals surface area contributed by atoms with Crippen LogP contribution in [0.4, 0.5) is 0 Å². The highest BCUT2D eigenvalue weighted by Crippen LogP contribution is 2.42. The van der Waals surface area contributed by atoms with E-state index in [4.69, 9.17) is 0 Å². The van der Waals surface area contributed by atoms with Crippen molar-refractivity contribution in [2.45, 2.75) is 30.6 Å². The van der Waals surface area contributed by atoms with Gasteiger partial charge in [-0.15, -0.1) is 11.3 Å². The lowest BCUT2D eigenvalue weighted by Gasteiger charge is -2.40. The molecule has 1 aliphatic rings. The Kier molecular flexibility index (Phi) is 4.49. The van der Waals surface area contributed by atoms with Crippen LogP contribution in [0.15, 0.2) is 41.8 Å². The van der Waals surface area contributed by atoms with E-state index in [0.717, 1.165) is 13.1 Å². The van der Waals surface area contributed by atoms with Gasteiger partial charge in [0.2, 0.25) is 0 Å². The van der Waals surface area contributed by atoms with Gasteiger partial charge in [0.25, 0.3) is 0 Å². The summed E-state index contributed by atoms with van der Waals surface area (Å²) < 4.78 is 0.527. The third-order valence-electron chi connectivity index (χ3n) is 4.21. The second kappa shape index (κ2) is 6.33. The van der Waals surface area contributed by atoms with Gasteiger partial charge in [0.1, 0.15) is 0 Å². The van der Waals surface area contributed by atoms with Crippen LogP contribution >= 0.6 is 23.1 Å². The van der Waals surface area contributed by atoms with Crippen molar-refractivity contribution < 1.29 is 0 Å². The summed E-state index contributed by atoms with van der Waals surface area (Å²) in [5.41, 5.74) is 2.66. The number of benzene rings is 1. The van der Waals surface area contributed by atoms with E-state index in [2.05, 4.69) is 53.4 Å². The van der Waals surface area contributed by atoms with Gasteiger partial charge in [-0.3, -0.25) is 0 Å². The molecule has 0 aliphatic heterocycles. The molecule has 106 valence electrons. The molecule has 1 saturated carbocycles. The minimum absolute atomic E-state index is 0.527. The molecule has 1 N–H and O–H groups in total. The topological polar surface area (TPSA) is 12.0 Å². The molecule has 1 aromatic heterocycles. The Balaban J connectivity index is 1.55. The third-order valence-corrected chi connectivity index (χ3v) is 6.56. The fourth-order valence-corrected chi connectivity index (χ4v) is 4.50. The fraction of sp³-hybridized carbons (Fsp3) is 0.412. The van der Waals surface area contributed by atoms with Gasteiger partial charge in [-0.05, 0) is 41.7 Å². The van der Waals surface area contributed by atoms with Gasteiger partial charge < -0.3 is 5.32 Å². The van der Waals surface area contributed by atoms with Gasteiger partial charge in [0.15, 0.2) is 0 Å². The zero-order chi connectivity index (χ0) is 13.8. The summed E-state index contributed by atoms with van der Waals surface area (Å²) in [5.74, 6) is 0. The van der Waals surface area contributed by atoms with Gasteiger partial charge in [0.05, 0.1) is 0 Å². The molecule has 1 aromatic carbocycles. The Morgan fingerprint density at radius 2 is 2.00 bits per heavy atom. The van der Waals surface area contributed by atoms with Crippen LogP contribution in [0.25, 0.3) is 11.1 Å². The molecule has 0 unspecified atom stereocenters. The normalized spacial score (nSPS) is 16.9. The number of thiophene rings is 1. The molecule has 0 bridgehead atoms. The first-order chi connectivity index (χ1) is 9.81. The van der Waals surface area contributed by atoms with Gasteiger partial charge in [-0.2, -0.15) is 11.8 Å². The summed E-state index contributed by atoms with van der Waals surface area (Å²) in [7, 11) is 0. The predicted octanol–water partition coefficient (Wildman–Crippen LogP) is 4.79. The Labute approximate surface area is 129 Å². The quantitative estimate of drug-likeness (QED) is 0.823. The second-order valence-corrected chi connectivity index (χ2v) is 7.78. The maximum Gasteiger partial charge on any atom is 0.0300 e. The van der Waals surface area contributed by atoms with E-state index >= 15 is 0 Å². The second-order valence-electron chi connectivity index (χ2n) is 5.51. The summed E-state index contributed by atoms with van der Waals surface area (Å²) in [6.45, 7) is 2.15. The highest BCUT2D eigenvalue weighted by molar-refractivity contribution is 8.00. The van der Waals surface area contributed by atoms with Crippen LogP contribution in [0.3, 0.4) is 0 Å². The number of hydrogen-bond acceptors (Lipinski definition) is 3. The minimum Gasteiger partial charge on any atom is -0.310 e. The molecule has 0 saturated heterocycles. The third kappa shape index (κ3) is 3.11. The average Bonchev–Trinajstić information content (AvgIpc) is 2.92. The number of hydrogen-bond donors (Lipinski definition) is 1. The van der Waals surface area contributed by atoms with Gasteiger partial charge >= 0.3 is 0 Å². The largest absolute Gasteiger partial charge is 0.310 e. The number of thioether (sulfide) groups is 1. The zero-order valence-electron chi connectivity index (χ0n) is 11.9. The Morgan fingerprint density at radius 3 is 2.65 bits per heavy atom. The summed E-state index contributed by atoms with van der Waals surface area (Å²) >= 11 is 3.90. The molecule has 1 heterocycles. The highest BCUT2D eigenvalue weighted by atomic mass is 32.2. The van der Waals surface area contributed by atoms with E-state index in [1.807, 2.05) is 23.1 Å². The molecule has 3 rings (SSSR count). The van der Waals surface area contributed by atoms with E-state index in [-0.39, 0.29) is 0 Å². The monoisotopic (exact) mass is 303 g/mol. The van der Waals surface area contributed by atoms with Crippen molar-refractivity contribution in [1.29, 1.82) is 0 Å². The first-order valence-corrected chi connectivity index (χ1v) is 9.30. The van der Waals surface area contributed by atoms with Crippen molar-refractivity contribution in [3.8, 4) is 11.1 Å². The summed E-state index contributed by atoms with van der Waals surface area (Å²) in [4.78, 5) is 1.43. The molecule has 3 heteroatoms. The molecule has 1 aliphatic carbocycles. The van der Waals surface area contributed by atoms with Crippen LogP contribution in [0.5, 0.6) is 0 Å². The van der Waals surface area contributed by atoms with Crippen LogP contribution in [0, 0.1) is 0 Å². The summed E-state index contributed by atoms with van der Waals surface area (Å²) in [6, 6.07) is 12.9. The molecule has 1 fully saturated rings. The standard InChI is InChI=1S/C17H21NS2/c1-19-17(8-5-9-17)13-18-11-16-10-15(12-20-16)14-6-3-2-4-7-14/h2-4,6-7,10,12,18H,5,8-9,11,13H2,1H3. The van der Waals surface area contributed by atoms with Crippen molar-refractivity contribution in [3.63, 3.8) is 0 Å². The molecule has 0 atom stereocenters. The van der Waals surface area contributed by atoms with Crippen molar-refractivity contribution in [1.82, 2.24) is 5.32 Å². The molecule has 1 nitrogen and oxygen atoms in total. The first-order valence-electron chi connectivity index (χ1n) is 7.20. The number of rotatable bonds is 6. The molecule has 2 aromatic rings. The lowest BCUT2D eigenvalue weighted by molar-refractivity contribution is 0.346. The van der Waals surface area contributed by atoms with Gasteiger partial charge in [-0.1, -0.05) is 36.8 Å². The van der Waals surface area contributed by atoms with E-state index in [0.29, 0.717) is 4.75 Å². The lowest BCUT2D eigenvalue weighted by atomic mass is 9.84. The molecular weight excluding hydrogens is 282 g/mol. The summed E-state index contributed by atoms with van der Waals surface area (Å²) in [6.07, 6.45) is 6.40. The Bertz CT molecular complexity index is 538. The minimum atomic E-state index is 0.527. The van der Waals surface area contributed by atoms with Crippen LogP contribution in [-0.4, -0.2) is 17.5 Å². The fourth-order valence-electron chi connectivity index (χ4n) is 2.69. The SMILES string of the molecule is CSC1(CNCc2cc(-c3ccccc3)cs2)CCC1. The number of nitrogens with one attached hydrogen (secondary N) is 1. The maximum atomic E-state index is 3.65. The van der Waals surface area contributed by atoms with E-state index in [1.165, 1.54) is 35.3 Å². The molecule has 0 amide bonds. The zero-order valence-corrected chi connectivity index (χ0v) is 13.5. The van der Waals surface area contributed by atoms with Gasteiger partial charge in [0, 0.05) is 22.7 Å². The molecule has 0 spiro atoms. The first kappa shape index (κ1) is 14.2. The van der Waals surface area contributed by atoms with Crippen molar-refractivity contribution in [2.75, 3.05) is 12.8 Å². The van der Waals surface area contributed by atoms with Crippen molar-refractivity contribution in [3.05, 3.63) is 46.7 Å². The smallest absolute Gasteiger partial charge is 0.0300 e. The van der Waals surface area contributed by atoms with Crippen molar-refractivity contribution >= 4 is 23.1 Å². The van der Waals surface area contributed by atoms with Crippen molar-refractivity contribution in [2.24, 2.45) is 0 Å².